The highest BCUT2D eigenvalue weighted by Crippen LogP contribution is 2.37. The number of hydrogen-bond donors (Lipinski definition) is 1. The lowest BCUT2D eigenvalue weighted by Crippen LogP contribution is -2.18. The van der Waals surface area contributed by atoms with Crippen molar-refractivity contribution in [1.29, 1.82) is 0 Å². The number of aliphatic carboxylic acids is 1. The number of nitrogens with zero attached hydrogens (tertiary/aromatic N) is 1. The first-order valence-corrected chi connectivity index (χ1v) is 11.9. The van der Waals surface area contributed by atoms with Crippen molar-refractivity contribution in [3.05, 3.63) is 84.4 Å². The molecule has 4 nitrogen and oxygen atoms in total. The van der Waals surface area contributed by atoms with Crippen LogP contribution in [0.15, 0.2) is 78.9 Å². The zero-order valence-corrected chi connectivity index (χ0v) is 20.5. The molecule has 1 N–H and O–H groups in total. The largest absolute Gasteiger partial charge is 0.478 e. The Kier molecular flexibility index (Phi) is 12.4. The van der Waals surface area contributed by atoms with Gasteiger partial charge in [-0.15, -0.1) is 11.3 Å². The van der Waals surface area contributed by atoms with Crippen LogP contribution in [0.25, 0.3) is 20.8 Å². The van der Waals surface area contributed by atoms with Crippen molar-refractivity contribution in [2.75, 3.05) is 0 Å². The maximum atomic E-state index is 11.8. The van der Waals surface area contributed by atoms with Crippen LogP contribution in [0.4, 0.5) is 0 Å². The fourth-order valence-electron chi connectivity index (χ4n) is 2.75. The van der Waals surface area contributed by atoms with Crippen LogP contribution in [0, 0.1) is 0 Å². The molecule has 4 rings (SSSR count). The van der Waals surface area contributed by atoms with E-state index in [0.717, 1.165) is 20.8 Å². The van der Waals surface area contributed by atoms with E-state index in [1.54, 1.807) is 41.7 Å². The lowest BCUT2D eigenvalue weighted by atomic mass is 10.1. The van der Waals surface area contributed by atoms with Gasteiger partial charge in [-0.25, -0.2) is 9.78 Å². The van der Waals surface area contributed by atoms with Gasteiger partial charge in [0.1, 0.15) is 10.8 Å². The smallest absolute Gasteiger partial charge is 0.349 e. The zero-order chi connectivity index (χ0) is 23.9. The number of carbonyl (C=O) groups is 1. The lowest BCUT2D eigenvalue weighted by Gasteiger charge is -2.17. The molecule has 0 aliphatic carbocycles. The van der Waals surface area contributed by atoms with E-state index in [4.69, 9.17) is 4.74 Å². The number of fused-ring (bicyclic) bond motifs is 1. The summed E-state index contributed by atoms with van der Waals surface area (Å²) in [5.41, 5.74) is 2.30. The maximum Gasteiger partial charge on any atom is 0.349 e. The second-order valence-electron chi connectivity index (χ2n) is 5.73. The molecule has 32 heavy (non-hydrogen) atoms. The second-order valence-corrected chi connectivity index (χ2v) is 6.76. The Morgan fingerprint density at radius 2 is 1.38 bits per heavy atom. The molecule has 0 saturated heterocycles. The van der Waals surface area contributed by atoms with E-state index in [1.165, 1.54) is 0 Å². The molecule has 0 fully saturated rings. The minimum absolute atomic E-state index is 0.503. The second kappa shape index (κ2) is 14.8. The molecule has 1 atom stereocenters. The molecule has 170 valence electrons. The first kappa shape index (κ1) is 26.9. The Balaban J connectivity index is 0.000000789. The third kappa shape index (κ3) is 6.92. The van der Waals surface area contributed by atoms with Crippen molar-refractivity contribution in [3.8, 4) is 16.3 Å². The van der Waals surface area contributed by atoms with Crippen LogP contribution in [0.5, 0.6) is 5.75 Å². The number of carboxylic acid groups (broad SMARTS) is 1. The highest BCUT2D eigenvalue weighted by Gasteiger charge is 2.23. The van der Waals surface area contributed by atoms with Crippen molar-refractivity contribution in [2.24, 2.45) is 0 Å². The first-order valence-electron chi connectivity index (χ1n) is 11.1. The Morgan fingerprint density at radius 1 is 0.812 bits per heavy atom. The van der Waals surface area contributed by atoms with Gasteiger partial charge < -0.3 is 9.84 Å². The van der Waals surface area contributed by atoms with Gasteiger partial charge in [-0.05, 0) is 24.3 Å². The van der Waals surface area contributed by atoms with Gasteiger partial charge in [-0.1, -0.05) is 96.1 Å². The van der Waals surface area contributed by atoms with E-state index in [9.17, 15) is 9.90 Å². The minimum Gasteiger partial charge on any atom is -0.478 e. The molecule has 0 bridgehead atoms. The van der Waals surface area contributed by atoms with Crippen molar-refractivity contribution < 1.29 is 14.6 Å². The topological polar surface area (TPSA) is 59.4 Å². The van der Waals surface area contributed by atoms with E-state index in [-0.39, 0.29) is 0 Å². The summed E-state index contributed by atoms with van der Waals surface area (Å²) < 4.78 is 6.99. The third-order valence-electron chi connectivity index (χ3n) is 3.98. The van der Waals surface area contributed by atoms with Gasteiger partial charge >= 0.3 is 5.97 Å². The number of hydrogen-bond acceptors (Lipinski definition) is 4. The molecular weight excluding hydrogens is 418 g/mol. The Hall–Kier alpha value is -3.18. The normalized spacial score (nSPS) is 10.3. The van der Waals surface area contributed by atoms with Gasteiger partial charge in [0.2, 0.25) is 6.10 Å². The van der Waals surface area contributed by atoms with Gasteiger partial charge in [0, 0.05) is 5.56 Å². The van der Waals surface area contributed by atoms with Gasteiger partial charge in [0.05, 0.1) is 15.8 Å². The SMILES string of the molecule is CC.CC.CC.O=C(O)C(Oc1ccccc1-c1nc2ccccc2s1)c1ccccc1. The first-order chi connectivity index (χ1) is 15.7. The summed E-state index contributed by atoms with van der Waals surface area (Å²) in [6, 6.07) is 24.2. The molecule has 1 aromatic heterocycles. The molecule has 0 radical (unpaired) electrons. The molecule has 1 unspecified atom stereocenters. The lowest BCUT2D eigenvalue weighted by molar-refractivity contribution is -0.145. The van der Waals surface area contributed by atoms with Crippen molar-refractivity contribution >= 4 is 27.5 Å². The predicted molar refractivity (Wildman–Crippen MR) is 137 cm³/mol. The summed E-state index contributed by atoms with van der Waals surface area (Å²) in [5, 5.41) is 10.4. The molecule has 0 aliphatic rings. The molecule has 0 amide bonds. The fourth-order valence-corrected chi connectivity index (χ4v) is 3.75. The van der Waals surface area contributed by atoms with Gasteiger partial charge in [0.25, 0.3) is 0 Å². The number of ether oxygens (including phenoxy) is 1. The quantitative estimate of drug-likeness (QED) is 0.332. The number of aromatic nitrogens is 1. The molecule has 5 heteroatoms. The average Bonchev–Trinajstić information content (AvgIpc) is 3.31. The minimum atomic E-state index is -1.08. The van der Waals surface area contributed by atoms with E-state index in [0.29, 0.717) is 11.3 Å². The number of rotatable bonds is 5. The molecule has 0 spiro atoms. The van der Waals surface area contributed by atoms with Crippen LogP contribution >= 0.6 is 11.3 Å². The van der Waals surface area contributed by atoms with Crippen LogP contribution in [0.1, 0.15) is 53.2 Å². The van der Waals surface area contributed by atoms with Crippen LogP contribution in [0.2, 0.25) is 0 Å². The molecule has 0 aliphatic heterocycles. The number of benzene rings is 3. The van der Waals surface area contributed by atoms with E-state index >= 15 is 0 Å². The number of thiazole rings is 1. The molecule has 1 heterocycles. The standard InChI is InChI=1S/C21H15NO3S.3C2H6/c23-21(24)19(14-8-2-1-3-9-14)25-17-12-6-4-10-15(17)20-22-16-11-5-7-13-18(16)26-20;3*1-2/h1-13,19H,(H,23,24);3*1-2H3. The van der Waals surface area contributed by atoms with E-state index in [2.05, 4.69) is 4.98 Å². The highest BCUT2D eigenvalue weighted by atomic mass is 32.1. The Labute approximate surface area is 195 Å². The summed E-state index contributed by atoms with van der Waals surface area (Å²) in [5.74, 6) is -0.530. The van der Waals surface area contributed by atoms with Crippen LogP contribution in [-0.2, 0) is 4.79 Å². The van der Waals surface area contributed by atoms with Gasteiger partial charge in [-0.3, -0.25) is 0 Å². The summed E-state index contributed by atoms with van der Waals surface area (Å²) in [6.45, 7) is 12.0. The maximum absolute atomic E-state index is 11.8. The van der Waals surface area contributed by atoms with Crippen molar-refractivity contribution in [1.82, 2.24) is 4.98 Å². The average molecular weight is 452 g/mol. The third-order valence-corrected chi connectivity index (χ3v) is 5.05. The summed E-state index contributed by atoms with van der Waals surface area (Å²) in [4.78, 5) is 16.4. The van der Waals surface area contributed by atoms with E-state index < -0.39 is 12.1 Å². The van der Waals surface area contributed by atoms with Crippen LogP contribution in [0.3, 0.4) is 0 Å². The highest BCUT2D eigenvalue weighted by molar-refractivity contribution is 7.21. The van der Waals surface area contributed by atoms with Crippen LogP contribution in [-0.4, -0.2) is 16.1 Å². The van der Waals surface area contributed by atoms with E-state index in [1.807, 2.05) is 90.1 Å². The summed E-state index contributed by atoms with van der Waals surface area (Å²) >= 11 is 1.56. The van der Waals surface area contributed by atoms with Crippen molar-refractivity contribution in [2.45, 2.75) is 47.6 Å². The summed E-state index contributed by atoms with van der Waals surface area (Å²) in [6.07, 6.45) is -1.08. The number of para-hydroxylation sites is 2. The monoisotopic (exact) mass is 451 g/mol. The van der Waals surface area contributed by atoms with Crippen LogP contribution < -0.4 is 4.74 Å². The summed E-state index contributed by atoms with van der Waals surface area (Å²) in [7, 11) is 0. The Bertz CT molecular complexity index is 1030. The number of carboxylic acids is 1. The molecule has 0 saturated carbocycles. The predicted octanol–water partition coefficient (Wildman–Crippen LogP) is 8.25. The molecule has 3 aromatic carbocycles. The molecule has 4 aromatic rings. The van der Waals surface area contributed by atoms with Crippen molar-refractivity contribution in [3.63, 3.8) is 0 Å². The Morgan fingerprint density at radius 3 is 2.00 bits per heavy atom. The molecular formula is C27H33NO3S. The fraction of sp³-hybridized carbons (Fsp3) is 0.259. The zero-order valence-electron chi connectivity index (χ0n) is 19.7. The van der Waals surface area contributed by atoms with Gasteiger partial charge in [-0.2, -0.15) is 0 Å². The van der Waals surface area contributed by atoms with Gasteiger partial charge in [0.15, 0.2) is 0 Å².